The first kappa shape index (κ1) is 17.3. The van der Waals surface area contributed by atoms with Crippen molar-refractivity contribution in [2.75, 3.05) is 20.8 Å². The topological polar surface area (TPSA) is 94.7 Å². The zero-order valence-electron chi connectivity index (χ0n) is 13.5. The number of aromatic amines is 1. The molecule has 0 saturated carbocycles. The number of H-pyrrole nitrogens is 1. The van der Waals surface area contributed by atoms with Crippen molar-refractivity contribution in [1.82, 2.24) is 4.98 Å². The lowest BCUT2D eigenvalue weighted by Gasteiger charge is -2.09. The first-order chi connectivity index (χ1) is 11.5. The summed E-state index contributed by atoms with van der Waals surface area (Å²) in [5.41, 5.74) is 0.752. The Kier molecular flexibility index (Phi) is 5.36. The molecule has 1 aromatic heterocycles. The molecule has 7 heteroatoms. The Balaban J connectivity index is 2.04. The molecule has 7 nitrogen and oxygen atoms in total. The van der Waals surface area contributed by atoms with Gasteiger partial charge in [-0.1, -0.05) is 0 Å². The van der Waals surface area contributed by atoms with Gasteiger partial charge in [0.05, 0.1) is 19.8 Å². The second-order valence-electron chi connectivity index (χ2n) is 4.92. The lowest BCUT2D eigenvalue weighted by Crippen LogP contribution is -2.15. The van der Waals surface area contributed by atoms with Gasteiger partial charge in [-0.3, -0.25) is 9.59 Å². The Hall–Kier alpha value is -3.09. The monoisotopic (exact) mass is 331 g/mol. The van der Waals surface area contributed by atoms with Gasteiger partial charge in [-0.05, 0) is 25.1 Å². The van der Waals surface area contributed by atoms with Crippen molar-refractivity contribution in [2.24, 2.45) is 0 Å². The lowest BCUT2D eigenvalue weighted by molar-refractivity contribution is 0.0469. The van der Waals surface area contributed by atoms with Gasteiger partial charge >= 0.3 is 5.97 Å². The minimum Gasteiger partial charge on any atom is -0.497 e. The highest BCUT2D eigenvalue weighted by Gasteiger charge is 2.17. The molecule has 1 N–H and O–H groups in total. The summed E-state index contributed by atoms with van der Waals surface area (Å²) in [5, 5.41) is 0. The van der Waals surface area contributed by atoms with Crippen LogP contribution in [-0.2, 0) is 4.74 Å². The highest BCUT2D eigenvalue weighted by atomic mass is 16.5. The molecule has 0 unspecified atom stereocenters. The van der Waals surface area contributed by atoms with E-state index in [4.69, 9.17) is 14.2 Å². The number of rotatable bonds is 7. The SMILES string of the molecule is COc1ccc(C(=O)COC(=O)c2cc(C(C)=O)c[nH]2)c(OC)c1. The summed E-state index contributed by atoms with van der Waals surface area (Å²) in [6.45, 7) is 0.938. The van der Waals surface area contributed by atoms with Crippen LogP contribution in [0.1, 0.15) is 38.1 Å². The standard InChI is InChI=1S/C17H17NO6/c1-10(19)11-6-14(18-8-11)17(21)24-9-15(20)13-5-4-12(22-2)7-16(13)23-3/h4-8,18H,9H2,1-3H3. The van der Waals surface area contributed by atoms with Crippen LogP contribution >= 0.6 is 0 Å². The summed E-state index contributed by atoms with van der Waals surface area (Å²) in [7, 11) is 2.93. The Morgan fingerprint density at radius 3 is 2.42 bits per heavy atom. The van der Waals surface area contributed by atoms with Gasteiger partial charge in [-0.2, -0.15) is 0 Å². The predicted molar refractivity (Wildman–Crippen MR) is 85.0 cm³/mol. The van der Waals surface area contributed by atoms with Crippen LogP contribution in [0.15, 0.2) is 30.5 Å². The van der Waals surface area contributed by atoms with Crippen molar-refractivity contribution in [2.45, 2.75) is 6.92 Å². The van der Waals surface area contributed by atoms with E-state index >= 15 is 0 Å². The number of nitrogens with one attached hydrogen (secondary N) is 1. The minimum atomic E-state index is -0.719. The molecule has 126 valence electrons. The van der Waals surface area contributed by atoms with E-state index in [-0.39, 0.29) is 17.0 Å². The molecule has 0 aliphatic carbocycles. The minimum absolute atomic E-state index is 0.106. The van der Waals surface area contributed by atoms with Crippen LogP contribution in [0.5, 0.6) is 11.5 Å². The Labute approximate surface area is 138 Å². The Morgan fingerprint density at radius 2 is 1.83 bits per heavy atom. The van der Waals surface area contributed by atoms with E-state index < -0.39 is 18.4 Å². The third-order valence-corrected chi connectivity index (χ3v) is 3.35. The van der Waals surface area contributed by atoms with Crippen molar-refractivity contribution in [1.29, 1.82) is 0 Å². The first-order valence-corrected chi connectivity index (χ1v) is 7.08. The van der Waals surface area contributed by atoms with Crippen LogP contribution in [0.4, 0.5) is 0 Å². The first-order valence-electron chi connectivity index (χ1n) is 7.08. The second-order valence-corrected chi connectivity index (χ2v) is 4.92. The zero-order chi connectivity index (χ0) is 17.7. The van der Waals surface area contributed by atoms with Crippen LogP contribution in [-0.4, -0.2) is 43.3 Å². The average molecular weight is 331 g/mol. The number of ketones is 2. The fraction of sp³-hybridized carbons (Fsp3) is 0.235. The van der Waals surface area contributed by atoms with Crippen molar-refractivity contribution in [3.63, 3.8) is 0 Å². The molecule has 0 bridgehead atoms. The van der Waals surface area contributed by atoms with E-state index in [2.05, 4.69) is 4.98 Å². The molecule has 0 radical (unpaired) electrons. The fourth-order valence-electron chi connectivity index (χ4n) is 2.03. The van der Waals surface area contributed by atoms with Gasteiger partial charge in [0.25, 0.3) is 0 Å². The number of hydrogen-bond donors (Lipinski definition) is 1. The summed E-state index contributed by atoms with van der Waals surface area (Å²) in [4.78, 5) is 38.0. The molecule has 0 atom stereocenters. The normalized spacial score (nSPS) is 10.1. The summed E-state index contributed by atoms with van der Waals surface area (Å²) in [6.07, 6.45) is 1.41. The van der Waals surface area contributed by atoms with Crippen molar-refractivity contribution in [3.05, 3.63) is 47.3 Å². The van der Waals surface area contributed by atoms with Crippen LogP contribution in [0, 0.1) is 0 Å². The third-order valence-electron chi connectivity index (χ3n) is 3.35. The quantitative estimate of drug-likeness (QED) is 0.618. The van der Waals surface area contributed by atoms with E-state index in [1.54, 1.807) is 12.1 Å². The molecular weight excluding hydrogens is 314 g/mol. The summed E-state index contributed by atoms with van der Waals surface area (Å²) < 4.78 is 15.2. The van der Waals surface area contributed by atoms with Gasteiger partial charge in [0.2, 0.25) is 5.78 Å². The van der Waals surface area contributed by atoms with Gasteiger partial charge in [0.1, 0.15) is 17.2 Å². The second kappa shape index (κ2) is 7.45. The number of methoxy groups -OCH3 is 2. The van der Waals surface area contributed by atoms with Crippen LogP contribution in [0.2, 0.25) is 0 Å². The Morgan fingerprint density at radius 1 is 1.08 bits per heavy atom. The molecule has 1 aromatic carbocycles. The maximum absolute atomic E-state index is 12.2. The Bertz CT molecular complexity index is 777. The highest BCUT2D eigenvalue weighted by molar-refractivity contribution is 6.02. The van der Waals surface area contributed by atoms with Crippen LogP contribution < -0.4 is 9.47 Å². The van der Waals surface area contributed by atoms with E-state index in [9.17, 15) is 14.4 Å². The number of aromatic nitrogens is 1. The molecule has 0 saturated heterocycles. The molecule has 0 fully saturated rings. The van der Waals surface area contributed by atoms with Gasteiger partial charge < -0.3 is 19.2 Å². The van der Waals surface area contributed by atoms with Crippen molar-refractivity contribution in [3.8, 4) is 11.5 Å². The lowest BCUT2D eigenvalue weighted by atomic mass is 10.1. The molecule has 0 aliphatic rings. The smallest absolute Gasteiger partial charge is 0.355 e. The average Bonchev–Trinajstić information content (AvgIpc) is 3.09. The van der Waals surface area contributed by atoms with Gasteiger partial charge in [0.15, 0.2) is 12.4 Å². The fourth-order valence-corrected chi connectivity index (χ4v) is 2.03. The third kappa shape index (κ3) is 3.81. The molecular formula is C17H17NO6. The van der Waals surface area contributed by atoms with E-state index in [1.807, 2.05) is 0 Å². The number of Topliss-reactive ketones (excluding diaryl/α,β-unsaturated/α-hetero) is 2. The summed E-state index contributed by atoms with van der Waals surface area (Å²) in [5.74, 6) is -0.438. The van der Waals surface area contributed by atoms with Gasteiger partial charge in [-0.15, -0.1) is 0 Å². The number of benzene rings is 1. The van der Waals surface area contributed by atoms with Crippen molar-refractivity contribution < 1.29 is 28.6 Å². The molecule has 0 amide bonds. The molecule has 2 aromatic rings. The number of ether oxygens (including phenoxy) is 3. The van der Waals surface area contributed by atoms with Crippen LogP contribution in [0.25, 0.3) is 0 Å². The number of esters is 1. The van der Waals surface area contributed by atoms with Crippen LogP contribution in [0.3, 0.4) is 0 Å². The molecule has 2 rings (SSSR count). The maximum atomic E-state index is 12.2. The number of carbonyl (C=O) groups is 3. The van der Waals surface area contributed by atoms with Crippen molar-refractivity contribution >= 4 is 17.5 Å². The summed E-state index contributed by atoms with van der Waals surface area (Å²) >= 11 is 0. The maximum Gasteiger partial charge on any atom is 0.355 e. The summed E-state index contributed by atoms with van der Waals surface area (Å²) in [6, 6.07) is 6.10. The van der Waals surface area contributed by atoms with Gasteiger partial charge in [-0.25, -0.2) is 4.79 Å². The molecule has 0 spiro atoms. The van der Waals surface area contributed by atoms with E-state index in [1.165, 1.54) is 39.5 Å². The molecule has 0 aliphatic heterocycles. The number of carbonyl (C=O) groups excluding carboxylic acids is 3. The van der Waals surface area contributed by atoms with Gasteiger partial charge in [0, 0.05) is 17.8 Å². The number of hydrogen-bond acceptors (Lipinski definition) is 6. The van der Waals surface area contributed by atoms with E-state index in [0.29, 0.717) is 17.1 Å². The highest BCUT2D eigenvalue weighted by Crippen LogP contribution is 2.25. The van der Waals surface area contributed by atoms with E-state index in [0.717, 1.165) is 0 Å². The molecule has 1 heterocycles. The molecule has 24 heavy (non-hydrogen) atoms. The zero-order valence-corrected chi connectivity index (χ0v) is 13.5. The predicted octanol–water partition coefficient (Wildman–Crippen LogP) is 2.27. The largest absolute Gasteiger partial charge is 0.497 e.